The normalized spacial score (nSPS) is 18.0. The van der Waals surface area contributed by atoms with Crippen LogP contribution in [0.5, 0.6) is 5.75 Å². The minimum atomic E-state index is -0.423. The van der Waals surface area contributed by atoms with Crippen LogP contribution >= 0.6 is 0 Å². The number of benzene rings is 2. The third-order valence-electron chi connectivity index (χ3n) is 7.00. The molecule has 7 heteroatoms. The number of hydrogen-bond acceptors (Lipinski definition) is 7. The van der Waals surface area contributed by atoms with Crippen molar-refractivity contribution in [3.05, 3.63) is 72.3 Å². The van der Waals surface area contributed by atoms with Gasteiger partial charge in [0, 0.05) is 23.4 Å². The van der Waals surface area contributed by atoms with Gasteiger partial charge in [0.15, 0.2) is 0 Å². The number of carbonyl (C=O) groups excluding carboxylic acids is 2. The Morgan fingerprint density at radius 1 is 1.05 bits per heavy atom. The van der Waals surface area contributed by atoms with Crippen LogP contribution in [0.1, 0.15) is 75.3 Å². The SMILES string of the molecule is C=CCCOC1CCC(C(=O)Oc2ccc(C=CC(=O)OCC(CCCC)c3cc(N)cc(N)c3)cc2)CC1. The van der Waals surface area contributed by atoms with E-state index in [4.69, 9.17) is 25.7 Å². The van der Waals surface area contributed by atoms with Gasteiger partial charge < -0.3 is 25.7 Å². The Hall–Kier alpha value is -3.58. The molecule has 0 saturated heterocycles. The number of nitrogen functional groups attached to an aromatic ring is 2. The molecule has 0 aromatic heterocycles. The van der Waals surface area contributed by atoms with E-state index in [9.17, 15) is 9.59 Å². The number of anilines is 2. The van der Waals surface area contributed by atoms with E-state index < -0.39 is 5.97 Å². The second-order valence-corrected chi connectivity index (χ2v) is 10.1. The van der Waals surface area contributed by atoms with E-state index in [2.05, 4.69) is 13.5 Å². The highest BCUT2D eigenvalue weighted by molar-refractivity contribution is 5.87. The number of ether oxygens (including phenoxy) is 3. The monoisotopic (exact) mass is 534 g/mol. The van der Waals surface area contributed by atoms with Gasteiger partial charge in [-0.15, -0.1) is 6.58 Å². The van der Waals surface area contributed by atoms with Crippen LogP contribution in [0.3, 0.4) is 0 Å². The highest BCUT2D eigenvalue weighted by Crippen LogP contribution is 2.29. The number of nitrogens with two attached hydrogens (primary N) is 2. The van der Waals surface area contributed by atoms with Crippen LogP contribution in [0.25, 0.3) is 6.08 Å². The van der Waals surface area contributed by atoms with Crippen molar-refractivity contribution in [2.45, 2.75) is 70.3 Å². The van der Waals surface area contributed by atoms with Crippen LogP contribution < -0.4 is 16.2 Å². The third kappa shape index (κ3) is 10.2. The summed E-state index contributed by atoms with van der Waals surface area (Å²) in [5.41, 5.74) is 14.9. The fraction of sp³-hybridized carbons (Fsp3) is 0.438. The number of carbonyl (C=O) groups is 2. The minimum absolute atomic E-state index is 0.0295. The lowest BCUT2D eigenvalue weighted by Crippen LogP contribution is -2.29. The Labute approximate surface area is 232 Å². The molecule has 7 nitrogen and oxygen atoms in total. The van der Waals surface area contributed by atoms with E-state index in [0.717, 1.165) is 62.5 Å². The molecule has 0 radical (unpaired) electrons. The van der Waals surface area contributed by atoms with Crippen molar-refractivity contribution in [3.8, 4) is 5.75 Å². The molecule has 4 N–H and O–H groups in total. The highest BCUT2D eigenvalue weighted by atomic mass is 16.5. The fourth-order valence-electron chi connectivity index (χ4n) is 4.76. The summed E-state index contributed by atoms with van der Waals surface area (Å²) in [5.74, 6) is -0.214. The average Bonchev–Trinajstić information content (AvgIpc) is 2.92. The van der Waals surface area contributed by atoms with E-state index >= 15 is 0 Å². The van der Waals surface area contributed by atoms with E-state index in [0.29, 0.717) is 23.7 Å². The number of esters is 2. The Morgan fingerprint density at radius 2 is 1.74 bits per heavy atom. The highest BCUT2D eigenvalue weighted by Gasteiger charge is 2.28. The molecule has 0 heterocycles. The second-order valence-electron chi connectivity index (χ2n) is 10.1. The largest absolute Gasteiger partial charge is 0.462 e. The van der Waals surface area contributed by atoms with Crippen LogP contribution in [0.4, 0.5) is 11.4 Å². The lowest BCUT2D eigenvalue weighted by atomic mass is 9.87. The molecule has 1 saturated carbocycles. The summed E-state index contributed by atoms with van der Waals surface area (Å²) < 4.78 is 17.0. The van der Waals surface area contributed by atoms with Crippen molar-refractivity contribution in [1.29, 1.82) is 0 Å². The zero-order valence-corrected chi connectivity index (χ0v) is 23.0. The summed E-state index contributed by atoms with van der Waals surface area (Å²) in [4.78, 5) is 25.0. The first-order chi connectivity index (χ1) is 18.9. The Morgan fingerprint density at radius 3 is 2.38 bits per heavy atom. The summed E-state index contributed by atoms with van der Waals surface area (Å²) in [6.45, 7) is 6.76. The second kappa shape index (κ2) is 15.7. The molecule has 2 aromatic carbocycles. The molecule has 1 atom stereocenters. The number of hydrogen-bond donors (Lipinski definition) is 2. The average molecular weight is 535 g/mol. The Balaban J connectivity index is 1.46. The Kier molecular flexibility index (Phi) is 12.1. The third-order valence-corrected chi connectivity index (χ3v) is 7.00. The zero-order chi connectivity index (χ0) is 28.0. The Bertz CT molecular complexity index is 1080. The molecule has 0 aliphatic heterocycles. The van der Waals surface area contributed by atoms with Gasteiger partial charge >= 0.3 is 11.9 Å². The first-order valence-electron chi connectivity index (χ1n) is 13.9. The molecule has 1 aliphatic carbocycles. The molecule has 39 heavy (non-hydrogen) atoms. The molecular formula is C32H42N2O5. The van der Waals surface area contributed by atoms with E-state index in [1.54, 1.807) is 36.4 Å². The fourth-order valence-corrected chi connectivity index (χ4v) is 4.76. The van der Waals surface area contributed by atoms with Crippen molar-refractivity contribution in [3.63, 3.8) is 0 Å². The van der Waals surface area contributed by atoms with Crippen LogP contribution in [0.2, 0.25) is 0 Å². The maximum absolute atomic E-state index is 12.6. The first-order valence-corrected chi connectivity index (χ1v) is 13.9. The van der Waals surface area contributed by atoms with Crippen molar-refractivity contribution in [1.82, 2.24) is 0 Å². The molecule has 1 aliphatic rings. The molecule has 0 bridgehead atoms. The van der Waals surface area contributed by atoms with Gasteiger partial charge in [-0.3, -0.25) is 4.79 Å². The molecule has 210 valence electrons. The van der Waals surface area contributed by atoms with Gasteiger partial charge in [0.2, 0.25) is 0 Å². The zero-order valence-electron chi connectivity index (χ0n) is 23.0. The maximum atomic E-state index is 12.6. The van der Waals surface area contributed by atoms with Crippen LogP contribution in [-0.2, 0) is 19.1 Å². The van der Waals surface area contributed by atoms with Gasteiger partial charge in [-0.2, -0.15) is 0 Å². The summed E-state index contributed by atoms with van der Waals surface area (Å²) >= 11 is 0. The molecule has 1 unspecified atom stereocenters. The molecule has 3 rings (SSSR count). The molecule has 0 amide bonds. The van der Waals surface area contributed by atoms with Crippen molar-refractivity contribution in [2.75, 3.05) is 24.7 Å². The van der Waals surface area contributed by atoms with Crippen molar-refractivity contribution < 1.29 is 23.8 Å². The molecule has 2 aromatic rings. The number of unbranched alkanes of at least 4 members (excludes halogenated alkanes) is 1. The van der Waals surface area contributed by atoms with Gasteiger partial charge in [-0.1, -0.05) is 38.0 Å². The van der Waals surface area contributed by atoms with Gasteiger partial charge in [0.05, 0.1) is 25.2 Å². The predicted octanol–water partition coefficient (Wildman–Crippen LogP) is 6.44. The summed E-state index contributed by atoms with van der Waals surface area (Å²) in [5, 5.41) is 0. The lowest BCUT2D eigenvalue weighted by molar-refractivity contribution is -0.141. The summed E-state index contributed by atoms with van der Waals surface area (Å²) in [7, 11) is 0. The van der Waals surface area contributed by atoms with Crippen molar-refractivity contribution >= 4 is 29.4 Å². The maximum Gasteiger partial charge on any atom is 0.330 e. The predicted molar refractivity (Wildman–Crippen MR) is 156 cm³/mol. The molecule has 1 fully saturated rings. The lowest BCUT2D eigenvalue weighted by Gasteiger charge is -2.27. The van der Waals surface area contributed by atoms with Gasteiger partial charge in [0.25, 0.3) is 0 Å². The molecule has 0 spiro atoms. The summed E-state index contributed by atoms with van der Waals surface area (Å²) in [6.07, 6.45) is 12.2. The van der Waals surface area contributed by atoms with Gasteiger partial charge in [-0.25, -0.2) is 4.79 Å². The number of rotatable bonds is 14. The smallest absolute Gasteiger partial charge is 0.330 e. The summed E-state index contributed by atoms with van der Waals surface area (Å²) in [6, 6.07) is 12.6. The topological polar surface area (TPSA) is 114 Å². The van der Waals surface area contributed by atoms with E-state index in [1.807, 2.05) is 18.2 Å². The van der Waals surface area contributed by atoms with Crippen LogP contribution in [0.15, 0.2) is 61.2 Å². The van der Waals surface area contributed by atoms with Crippen LogP contribution in [0, 0.1) is 5.92 Å². The minimum Gasteiger partial charge on any atom is -0.462 e. The molecular weight excluding hydrogens is 492 g/mol. The van der Waals surface area contributed by atoms with Gasteiger partial charge in [-0.05, 0) is 86.1 Å². The van der Waals surface area contributed by atoms with E-state index in [-0.39, 0.29) is 30.5 Å². The quantitative estimate of drug-likeness (QED) is 0.0716. The first kappa shape index (κ1) is 30.0. The van der Waals surface area contributed by atoms with Gasteiger partial charge in [0.1, 0.15) is 5.75 Å². The van der Waals surface area contributed by atoms with E-state index in [1.165, 1.54) is 6.08 Å². The van der Waals surface area contributed by atoms with Crippen molar-refractivity contribution in [2.24, 2.45) is 5.92 Å². The van der Waals surface area contributed by atoms with Crippen LogP contribution in [-0.4, -0.2) is 31.3 Å². The standard InChI is InChI=1S/C32H42N2O5/c1-3-5-7-25(26-19-27(33)21-28(34)20-26)22-38-31(35)17-10-23-8-13-30(14-9-23)39-32(36)24-11-15-29(16-12-24)37-18-6-4-2/h4,8-10,13-14,17,19-21,24-25,29H,2-3,5-7,11-12,15-16,18,22,33-34H2,1H3.